The molecule has 24 heavy (non-hydrogen) atoms. The van der Waals surface area contributed by atoms with Gasteiger partial charge in [0.1, 0.15) is 0 Å². The highest BCUT2D eigenvalue weighted by atomic mass is 32.1. The Balaban J connectivity index is 1.56. The summed E-state index contributed by atoms with van der Waals surface area (Å²) in [6.07, 6.45) is 5.77. The Kier molecular flexibility index (Phi) is 5.98. The van der Waals surface area contributed by atoms with Gasteiger partial charge >= 0.3 is 5.97 Å². The van der Waals surface area contributed by atoms with E-state index in [-0.39, 0.29) is 12.6 Å². The van der Waals surface area contributed by atoms with Gasteiger partial charge in [-0.3, -0.25) is 9.69 Å². The van der Waals surface area contributed by atoms with Crippen LogP contribution in [-0.2, 0) is 22.5 Å². The van der Waals surface area contributed by atoms with Crippen molar-refractivity contribution < 1.29 is 14.1 Å². The van der Waals surface area contributed by atoms with Crippen LogP contribution in [0.1, 0.15) is 43.3 Å². The molecule has 3 rings (SSSR count). The largest absolute Gasteiger partial charge is 0.465 e. The molecule has 3 heterocycles. The molecule has 0 unspecified atom stereocenters. The molecule has 0 aromatic carbocycles. The maximum atomic E-state index is 10.8. The Labute approximate surface area is 145 Å². The second-order valence-electron chi connectivity index (χ2n) is 6.06. The van der Waals surface area contributed by atoms with Crippen LogP contribution in [0.25, 0.3) is 10.8 Å². The van der Waals surface area contributed by atoms with E-state index in [0.29, 0.717) is 18.1 Å². The van der Waals surface area contributed by atoms with Gasteiger partial charge in [-0.15, -0.1) is 11.3 Å². The first-order valence-electron chi connectivity index (χ1n) is 8.48. The molecule has 1 aliphatic heterocycles. The number of thiophene rings is 1. The molecule has 1 fully saturated rings. The predicted molar refractivity (Wildman–Crippen MR) is 91.7 cm³/mol. The van der Waals surface area contributed by atoms with Crippen molar-refractivity contribution in [2.45, 2.75) is 45.6 Å². The summed E-state index contributed by atoms with van der Waals surface area (Å²) in [5, 5.41) is 3.95. The van der Waals surface area contributed by atoms with E-state index in [4.69, 9.17) is 9.26 Å². The summed E-state index contributed by atoms with van der Waals surface area (Å²) in [6, 6.07) is 4.19. The first-order valence-corrected chi connectivity index (χ1v) is 9.30. The minimum atomic E-state index is -0.296. The molecule has 0 aliphatic carbocycles. The highest BCUT2D eigenvalue weighted by molar-refractivity contribution is 7.15. The van der Waals surface area contributed by atoms with E-state index >= 15 is 0 Å². The van der Waals surface area contributed by atoms with Crippen molar-refractivity contribution in [3.8, 4) is 10.8 Å². The molecule has 0 amide bonds. The molecule has 0 atom stereocenters. The summed E-state index contributed by atoms with van der Waals surface area (Å²) < 4.78 is 10.2. The van der Waals surface area contributed by atoms with Crippen LogP contribution >= 0.6 is 11.3 Å². The van der Waals surface area contributed by atoms with E-state index in [9.17, 15) is 4.79 Å². The number of hydrogen-bond acceptors (Lipinski definition) is 7. The topological polar surface area (TPSA) is 68.5 Å². The van der Waals surface area contributed by atoms with Gasteiger partial charge in [-0.25, -0.2) is 0 Å². The van der Waals surface area contributed by atoms with Crippen LogP contribution in [0, 0.1) is 0 Å². The molecule has 2 aromatic rings. The van der Waals surface area contributed by atoms with Crippen molar-refractivity contribution in [1.29, 1.82) is 0 Å². The van der Waals surface area contributed by atoms with Gasteiger partial charge in [0.25, 0.3) is 5.89 Å². The zero-order valence-electron chi connectivity index (χ0n) is 14.0. The monoisotopic (exact) mass is 349 g/mol. The maximum Gasteiger partial charge on any atom is 0.302 e. The first-order chi connectivity index (χ1) is 11.7. The third-order valence-corrected chi connectivity index (χ3v) is 5.11. The summed E-state index contributed by atoms with van der Waals surface area (Å²) >= 11 is 1.71. The van der Waals surface area contributed by atoms with E-state index < -0.39 is 0 Å². The minimum Gasteiger partial charge on any atom is -0.465 e. The highest BCUT2D eigenvalue weighted by Gasteiger charge is 2.14. The Hall–Kier alpha value is -1.73. The molecular formula is C17H23N3O3S. The van der Waals surface area contributed by atoms with Gasteiger partial charge < -0.3 is 9.26 Å². The Bertz CT molecular complexity index is 660. The van der Waals surface area contributed by atoms with Gasteiger partial charge in [-0.05, 0) is 38.1 Å². The summed E-state index contributed by atoms with van der Waals surface area (Å²) in [5.41, 5.74) is 0. The first kappa shape index (κ1) is 17.1. The normalized spacial score (nSPS) is 16.0. The lowest BCUT2D eigenvalue weighted by Crippen LogP contribution is -2.23. The van der Waals surface area contributed by atoms with Gasteiger partial charge in [0, 0.05) is 24.8 Å². The van der Waals surface area contributed by atoms with E-state index in [1.807, 2.05) is 6.07 Å². The van der Waals surface area contributed by atoms with Crippen molar-refractivity contribution >= 4 is 17.3 Å². The quantitative estimate of drug-likeness (QED) is 0.746. The smallest absolute Gasteiger partial charge is 0.302 e. The summed E-state index contributed by atoms with van der Waals surface area (Å²) in [4.78, 5) is 20.0. The lowest BCUT2D eigenvalue weighted by Gasteiger charge is -2.18. The molecule has 0 bridgehead atoms. The number of aromatic nitrogens is 2. The van der Waals surface area contributed by atoms with Gasteiger partial charge in [0.2, 0.25) is 0 Å². The molecule has 1 saturated heterocycles. The minimum absolute atomic E-state index is 0.277. The van der Waals surface area contributed by atoms with E-state index in [1.54, 1.807) is 11.3 Å². The fourth-order valence-corrected chi connectivity index (χ4v) is 3.81. The maximum absolute atomic E-state index is 10.8. The number of ether oxygens (including phenoxy) is 1. The van der Waals surface area contributed by atoms with Gasteiger partial charge in [0.15, 0.2) is 5.82 Å². The Morgan fingerprint density at radius 3 is 2.83 bits per heavy atom. The average molecular weight is 349 g/mol. The van der Waals surface area contributed by atoms with Crippen LogP contribution in [0.15, 0.2) is 16.7 Å². The molecular weight excluding hydrogens is 326 g/mol. The van der Waals surface area contributed by atoms with Crippen molar-refractivity contribution in [2.75, 3.05) is 19.7 Å². The fourth-order valence-electron chi connectivity index (χ4n) is 2.83. The van der Waals surface area contributed by atoms with Gasteiger partial charge in [0.05, 0.1) is 11.5 Å². The molecule has 0 N–H and O–H groups in total. The molecule has 0 saturated carbocycles. The molecule has 7 heteroatoms. The highest BCUT2D eigenvalue weighted by Crippen LogP contribution is 2.28. The lowest BCUT2D eigenvalue weighted by atomic mass is 10.2. The lowest BCUT2D eigenvalue weighted by molar-refractivity contribution is -0.140. The third-order valence-electron chi connectivity index (χ3n) is 4.05. The predicted octanol–water partition coefficient (Wildman–Crippen LogP) is 3.28. The number of rotatable bonds is 6. The van der Waals surface area contributed by atoms with E-state index in [2.05, 4.69) is 21.1 Å². The summed E-state index contributed by atoms with van der Waals surface area (Å²) in [7, 11) is 0. The zero-order chi connectivity index (χ0) is 16.8. The molecule has 1 aliphatic rings. The van der Waals surface area contributed by atoms with E-state index in [0.717, 1.165) is 11.4 Å². The van der Waals surface area contributed by atoms with Crippen molar-refractivity contribution in [3.63, 3.8) is 0 Å². The van der Waals surface area contributed by atoms with Crippen LogP contribution in [0.4, 0.5) is 0 Å². The number of carbonyl (C=O) groups excluding carboxylic acids is 1. The molecule has 0 radical (unpaired) electrons. The molecule has 6 nitrogen and oxygen atoms in total. The van der Waals surface area contributed by atoms with Crippen LogP contribution in [0.5, 0.6) is 0 Å². The second-order valence-corrected chi connectivity index (χ2v) is 7.23. The van der Waals surface area contributed by atoms with Crippen molar-refractivity contribution in [2.24, 2.45) is 0 Å². The zero-order valence-corrected chi connectivity index (χ0v) is 14.8. The van der Waals surface area contributed by atoms with E-state index in [1.165, 1.54) is 50.6 Å². The second kappa shape index (κ2) is 8.39. The number of nitrogens with zero attached hydrogens (tertiary/aromatic N) is 3. The van der Waals surface area contributed by atoms with Crippen LogP contribution < -0.4 is 0 Å². The fraction of sp³-hybridized carbons (Fsp3) is 0.588. The number of likely N-dealkylation sites (tertiary alicyclic amines) is 1. The van der Waals surface area contributed by atoms with Gasteiger partial charge in [-0.2, -0.15) is 4.98 Å². The number of hydrogen-bond donors (Lipinski definition) is 0. The molecule has 2 aromatic heterocycles. The number of esters is 1. The average Bonchev–Trinajstić information content (AvgIpc) is 3.12. The van der Waals surface area contributed by atoms with Crippen molar-refractivity contribution in [1.82, 2.24) is 15.0 Å². The number of carbonyl (C=O) groups is 1. The summed E-state index contributed by atoms with van der Waals surface area (Å²) in [5.74, 6) is 0.809. The molecule has 130 valence electrons. The Morgan fingerprint density at radius 1 is 1.29 bits per heavy atom. The summed E-state index contributed by atoms with van der Waals surface area (Å²) in [6.45, 7) is 5.04. The van der Waals surface area contributed by atoms with Crippen LogP contribution in [-0.4, -0.2) is 40.7 Å². The SMILES string of the molecule is CC(=O)OCCc1noc(-c2ccc(CN3CCCCCC3)s2)n1. The standard InChI is InChI=1S/C17H23N3O3S/c1-13(21)22-11-8-16-18-17(23-19-16)15-7-6-14(24-15)12-20-9-4-2-3-5-10-20/h6-7H,2-5,8-12H2,1H3. The van der Waals surface area contributed by atoms with Crippen LogP contribution in [0.2, 0.25) is 0 Å². The van der Waals surface area contributed by atoms with Gasteiger partial charge in [-0.1, -0.05) is 18.0 Å². The Morgan fingerprint density at radius 2 is 2.08 bits per heavy atom. The third kappa shape index (κ3) is 4.88. The van der Waals surface area contributed by atoms with Crippen molar-refractivity contribution in [3.05, 3.63) is 22.8 Å². The molecule has 0 spiro atoms. The van der Waals surface area contributed by atoms with Crippen LogP contribution in [0.3, 0.4) is 0 Å².